The number of anilines is 1. The molecular formula is C19H16ClN5OS. The summed E-state index contributed by atoms with van der Waals surface area (Å²) >= 11 is 7.15. The lowest BCUT2D eigenvalue weighted by atomic mass is 10.1. The first-order chi connectivity index (χ1) is 13.2. The highest BCUT2D eigenvalue weighted by molar-refractivity contribution is 7.07. The molecule has 0 saturated heterocycles. The molecule has 2 aromatic heterocycles. The van der Waals surface area contributed by atoms with E-state index in [1.165, 1.54) is 11.8 Å². The first kappa shape index (κ1) is 17.6. The zero-order valence-electron chi connectivity index (χ0n) is 14.3. The van der Waals surface area contributed by atoms with Crippen LogP contribution in [0.4, 0.5) is 5.95 Å². The molecule has 0 bridgehead atoms. The molecule has 4 aromatic rings. The van der Waals surface area contributed by atoms with Gasteiger partial charge in [-0.05, 0) is 48.1 Å². The lowest BCUT2D eigenvalue weighted by Gasteiger charge is -2.10. The van der Waals surface area contributed by atoms with Gasteiger partial charge >= 0.3 is 0 Å². The van der Waals surface area contributed by atoms with E-state index in [0.29, 0.717) is 15.8 Å². The van der Waals surface area contributed by atoms with Gasteiger partial charge in [-0.25, -0.2) is 4.98 Å². The highest BCUT2D eigenvalue weighted by atomic mass is 35.5. The fourth-order valence-electron chi connectivity index (χ4n) is 2.94. The number of fused-ring (bicyclic) bond motifs is 1. The summed E-state index contributed by atoms with van der Waals surface area (Å²) in [6.45, 7) is 0.726. The third-order valence-corrected chi connectivity index (χ3v) is 5.11. The average molecular weight is 398 g/mol. The molecule has 0 atom stereocenters. The molecule has 0 unspecified atom stereocenters. The van der Waals surface area contributed by atoms with Crippen molar-refractivity contribution in [1.82, 2.24) is 19.1 Å². The lowest BCUT2D eigenvalue weighted by Crippen LogP contribution is -2.15. The minimum atomic E-state index is -0.268. The molecule has 1 N–H and O–H groups in total. The Balaban J connectivity index is 1.59. The van der Waals surface area contributed by atoms with Gasteiger partial charge in [0.15, 0.2) is 0 Å². The molecule has 2 heterocycles. The molecule has 6 nitrogen and oxygen atoms in total. The number of aromatic nitrogens is 4. The largest absolute Gasteiger partial charge is 0.310 e. The number of imidazole rings is 1. The Kier molecular flexibility index (Phi) is 5.13. The number of nitrogens with one attached hydrogen (secondary N) is 1. The van der Waals surface area contributed by atoms with Crippen LogP contribution < -0.4 is 5.32 Å². The van der Waals surface area contributed by atoms with Crippen molar-refractivity contribution in [1.29, 1.82) is 0 Å². The van der Waals surface area contributed by atoms with Gasteiger partial charge in [-0.3, -0.25) is 10.1 Å². The van der Waals surface area contributed by atoms with Crippen LogP contribution >= 0.6 is 23.1 Å². The summed E-state index contributed by atoms with van der Waals surface area (Å²) in [5.41, 5.74) is 2.97. The molecule has 0 fully saturated rings. The normalized spacial score (nSPS) is 11.0. The van der Waals surface area contributed by atoms with Crippen molar-refractivity contribution >= 4 is 46.0 Å². The van der Waals surface area contributed by atoms with Crippen molar-refractivity contribution in [2.45, 2.75) is 19.4 Å². The Bertz CT molecular complexity index is 1060. The van der Waals surface area contributed by atoms with Crippen molar-refractivity contribution in [3.05, 3.63) is 70.2 Å². The van der Waals surface area contributed by atoms with Crippen LogP contribution in [0.25, 0.3) is 11.0 Å². The fourth-order valence-corrected chi connectivity index (χ4v) is 3.52. The summed E-state index contributed by atoms with van der Waals surface area (Å²) in [6, 6.07) is 15.9. The van der Waals surface area contributed by atoms with Crippen LogP contribution in [-0.2, 0) is 13.0 Å². The summed E-state index contributed by atoms with van der Waals surface area (Å²) in [7, 11) is 0. The van der Waals surface area contributed by atoms with Crippen LogP contribution in [0.2, 0.25) is 5.02 Å². The van der Waals surface area contributed by atoms with Gasteiger partial charge in [0.25, 0.3) is 5.91 Å². The molecule has 1 amide bonds. The summed E-state index contributed by atoms with van der Waals surface area (Å²) in [4.78, 5) is 17.4. The summed E-state index contributed by atoms with van der Waals surface area (Å²) in [6.07, 6.45) is 3.31. The third-order valence-electron chi connectivity index (χ3n) is 4.21. The second kappa shape index (κ2) is 7.85. The van der Waals surface area contributed by atoms with Crippen molar-refractivity contribution in [3.63, 3.8) is 0 Å². The lowest BCUT2D eigenvalue weighted by molar-refractivity contribution is 0.102. The monoisotopic (exact) mass is 397 g/mol. The number of carbonyl (C=O) groups is 1. The van der Waals surface area contributed by atoms with Crippen LogP contribution in [0.1, 0.15) is 21.7 Å². The first-order valence-electron chi connectivity index (χ1n) is 8.49. The molecule has 2 aromatic carbocycles. The number of rotatable bonds is 6. The van der Waals surface area contributed by atoms with Gasteiger partial charge in [0.2, 0.25) is 5.95 Å². The van der Waals surface area contributed by atoms with Gasteiger partial charge in [-0.2, -0.15) is 0 Å². The highest BCUT2D eigenvalue weighted by Crippen LogP contribution is 2.24. The number of hydrogen-bond acceptors (Lipinski definition) is 5. The SMILES string of the molecule is O=C(Nc1nc2cc(Cl)ccc2n1CCCc1ccccc1)c1cnns1. The number of carbonyl (C=O) groups excluding carboxylic acids is 1. The molecule has 0 saturated carbocycles. The van der Waals surface area contributed by atoms with Crippen molar-refractivity contribution in [2.24, 2.45) is 0 Å². The van der Waals surface area contributed by atoms with Gasteiger partial charge in [0, 0.05) is 11.6 Å². The molecule has 0 radical (unpaired) electrons. The quantitative estimate of drug-likeness (QED) is 0.522. The first-order valence-corrected chi connectivity index (χ1v) is 9.64. The van der Waals surface area contributed by atoms with Gasteiger partial charge in [0.1, 0.15) is 4.88 Å². The van der Waals surface area contributed by atoms with E-state index in [0.717, 1.165) is 42.0 Å². The predicted octanol–water partition coefficient (Wildman–Crippen LogP) is 4.43. The van der Waals surface area contributed by atoms with Gasteiger partial charge < -0.3 is 4.57 Å². The van der Waals surface area contributed by atoms with E-state index in [-0.39, 0.29) is 5.91 Å². The highest BCUT2D eigenvalue weighted by Gasteiger charge is 2.16. The van der Waals surface area contributed by atoms with E-state index in [4.69, 9.17) is 11.6 Å². The topological polar surface area (TPSA) is 72.7 Å². The maximum Gasteiger partial charge on any atom is 0.271 e. The number of halogens is 1. The Morgan fingerprint density at radius 1 is 1.19 bits per heavy atom. The summed E-state index contributed by atoms with van der Waals surface area (Å²) in [5, 5.41) is 7.19. The van der Waals surface area contributed by atoms with E-state index < -0.39 is 0 Å². The minimum Gasteiger partial charge on any atom is -0.310 e. The van der Waals surface area contributed by atoms with Crippen molar-refractivity contribution in [3.8, 4) is 0 Å². The number of aryl methyl sites for hydroxylation is 2. The molecule has 0 aliphatic carbocycles. The van der Waals surface area contributed by atoms with E-state index in [9.17, 15) is 4.79 Å². The minimum absolute atomic E-state index is 0.268. The van der Waals surface area contributed by atoms with E-state index >= 15 is 0 Å². The zero-order chi connectivity index (χ0) is 18.6. The maximum atomic E-state index is 12.4. The van der Waals surface area contributed by atoms with Crippen LogP contribution in [0.15, 0.2) is 54.7 Å². The maximum absolute atomic E-state index is 12.4. The molecular weight excluding hydrogens is 382 g/mol. The number of benzene rings is 2. The Labute approximate surface area is 165 Å². The van der Waals surface area contributed by atoms with Crippen LogP contribution in [-0.4, -0.2) is 25.0 Å². The van der Waals surface area contributed by atoms with Crippen molar-refractivity contribution in [2.75, 3.05) is 5.32 Å². The van der Waals surface area contributed by atoms with Gasteiger partial charge in [-0.1, -0.05) is 46.4 Å². The van der Waals surface area contributed by atoms with Crippen LogP contribution in [0.5, 0.6) is 0 Å². The van der Waals surface area contributed by atoms with E-state index in [2.05, 4.69) is 32.0 Å². The predicted molar refractivity (Wildman–Crippen MR) is 107 cm³/mol. The Hall–Kier alpha value is -2.77. The molecule has 0 spiro atoms. The standard InChI is InChI=1S/C19H16ClN5OS/c20-14-8-9-16-15(11-14)22-19(23-18(26)17-12-21-24-27-17)25(16)10-4-7-13-5-2-1-3-6-13/h1-3,5-6,8-9,11-12H,4,7,10H2,(H,22,23,26). The average Bonchev–Trinajstić information content (AvgIpc) is 3.31. The smallest absolute Gasteiger partial charge is 0.271 e. The van der Waals surface area contributed by atoms with E-state index in [1.807, 2.05) is 34.9 Å². The molecule has 8 heteroatoms. The number of hydrogen-bond donors (Lipinski definition) is 1. The number of amides is 1. The summed E-state index contributed by atoms with van der Waals surface area (Å²) < 4.78 is 5.75. The van der Waals surface area contributed by atoms with Crippen LogP contribution in [0.3, 0.4) is 0 Å². The summed E-state index contributed by atoms with van der Waals surface area (Å²) in [5.74, 6) is 0.231. The number of nitrogens with zero attached hydrogens (tertiary/aromatic N) is 4. The fraction of sp³-hybridized carbons (Fsp3) is 0.158. The van der Waals surface area contributed by atoms with Crippen LogP contribution in [0, 0.1) is 0 Å². The van der Waals surface area contributed by atoms with Crippen molar-refractivity contribution < 1.29 is 4.79 Å². The molecule has 136 valence electrons. The second-order valence-corrected chi connectivity index (χ2v) is 7.27. The molecule has 0 aliphatic heterocycles. The molecule has 0 aliphatic rings. The zero-order valence-corrected chi connectivity index (χ0v) is 15.9. The molecule has 4 rings (SSSR count). The van der Waals surface area contributed by atoms with Gasteiger partial charge in [0.05, 0.1) is 17.2 Å². The van der Waals surface area contributed by atoms with Gasteiger partial charge in [-0.15, -0.1) is 5.10 Å². The Morgan fingerprint density at radius 2 is 2.04 bits per heavy atom. The molecule has 27 heavy (non-hydrogen) atoms. The Morgan fingerprint density at radius 3 is 2.81 bits per heavy atom. The third kappa shape index (κ3) is 3.99. The van der Waals surface area contributed by atoms with E-state index in [1.54, 1.807) is 6.07 Å². The second-order valence-electron chi connectivity index (χ2n) is 6.05.